The second-order valence-corrected chi connectivity index (χ2v) is 7.95. The van der Waals surface area contributed by atoms with Gasteiger partial charge in [0.1, 0.15) is 11.9 Å². The number of carbonyl (C=O) groups excluding carboxylic acids is 1. The van der Waals surface area contributed by atoms with Crippen LogP contribution in [0.4, 0.5) is 8.78 Å². The van der Waals surface area contributed by atoms with Crippen LogP contribution >= 0.6 is 12.4 Å². The molecular formula is C20H27ClF2N2O2. The molecule has 0 spiro atoms. The molecule has 3 fully saturated rings. The smallest absolute Gasteiger partial charge is 0.222 e. The topological polar surface area (TPSA) is 41.6 Å². The molecule has 3 heterocycles. The highest BCUT2D eigenvalue weighted by Crippen LogP contribution is 2.33. The Labute approximate surface area is 165 Å². The van der Waals surface area contributed by atoms with Crippen molar-refractivity contribution in [3.63, 3.8) is 0 Å². The molecule has 1 aromatic rings. The first-order valence-electron chi connectivity index (χ1n) is 9.72. The van der Waals surface area contributed by atoms with Crippen LogP contribution in [0, 0.1) is 17.6 Å². The van der Waals surface area contributed by atoms with Crippen molar-refractivity contribution in [3.05, 3.63) is 29.8 Å². The lowest BCUT2D eigenvalue weighted by atomic mass is 9.89. The maximum absolute atomic E-state index is 13.7. The molecule has 1 N–H and O–H groups in total. The van der Waals surface area contributed by atoms with Crippen LogP contribution in [-0.2, 0) is 4.79 Å². The molecule has 3 aliphatic rings. The first kappa shape index (κ1) is 20.3. The van der Waals surface area contributed by atoms with Crippen molar-refractivity contribution in [1.29, 1.82) is 0 Å². The van der Waals surface area contributed by atoms with Gasteiger partial charge in [0.25, 0.3) is 0 Å². The molecule has 7 heteroatoms. The molecule has 0 aliphatic carbocycles. The van der Waals surface area contributed by atoms with Crippen LogP contribution in [-0.4, -0.2) is 42.1 Å². The predicted molar refractivity (Wildman–Crippen MR) is 101 cm³/mol. The van der Waals surface area contributed by atoms with Crippen molar-refractivity contribution in [2.45, 2.75) is 63.1 Å². The number of amides is 1. The third-order valence-corrected chi connectivity index (χ3v) is 6.02. The molecule has 0 aromatic heterocycles. The van der Waals surface area contributed by atoms with Crippen molar-refractivity contribution in [2.75, 3.05) is 13.1 Å². The van der Waals surface area contributed by atoms with Gasteiger partial charge in [0.2, 0.25) is 5.91 Å². The molecule has 3 aliphatic heterocycles. The first-order valence-corrected chi connectivity index (χ1v) is 9.72. The lowest BCUT2D eigenvalue weighted by Gasteiger charge is -2.34. The number of nitrogens with zero attached hydrogens (tertiary/aromatic N) is 1. The number of benzene rings is 1. The van der Waals surface area contributed by atoms with E-state index in [1.54, 1.807) is 0 Å². The van der Waals surface area contributed by atoms with Gasteiger partial charge in [0, 0.05) is 50.5 Å². The predicted octanol–water partition coefficient (Wildman–Crippen LogP) is 3.68. The van der Waals surface area contributed by atoms with E-state index in [1.165, 1.54) is 25.0 Å². The fourth-order valence-electron chi connectivity index (χ4n) is 4.69. The average Bonchev–Trinajstić information content (AvgIpc) is 2.96. The number of hydrogen-bond acceptors (Lipinski definition) is 3. The molecule has 2 atom stereocenters. The van der Waals surface area contributed by atoms with E-state index in [-0.39, 0.29) is 30.2 Å². The van der Waals surface area contributed by atoms with Gasteiger partial charge < -0.3 is 15.0 Å². The van der Waals surface area contributed by atoms with Crippen LogP contribution in [0.15, 0.2) is 18.2 Å². The Hall–Kier alpha value is -1.40. The molecule has 1 amide bonds. The van der Waals surface area contributed by atoms with Crippen molar-refractivity contribution < 1.29 is 18.3 Å². The van der Waals surface area contributed by atoms with Crippen LogP contribution in [0.1, 0.15) is 44.9 Å². The summed E-state index contributed by atoms with van der Waals surface area (Å²) in [6, 6.07) is 4.57. The zero-order valence-electron chi connectivity index (χ0n) is 15.3. The van der Waals surface area contributed by atoms with E-state index >= 15 is 0 Å². The Morgan fingerprint density at radius 1 is 1.11 bits per heavy atom. The van der Waals surface area contributed by atoms with Gasteiger partial charge in [-0.3, -0.25) is 4.79 Å². The van der Waals surface area contributed by atoms with Crippen molar-refractivity contribution in [3.8, 4) is 5.75 Å². The molecule has 2 unspecified atom stereocenters. The minimum absolute atomic E-state index is 0. The minimum atomic E-state index is -0.677. The third kappa shape index (κ3) is 4.91. The fraction of sp³-hybridized carbons (Fsp3) is 0.650. The number of halogens is 3. The summed E-state index contributed by atoms with van der Waals surface area (Å²) in [6.07, 6.45) is 6.61. The summed E-state index contributed by atoms with van der Waals surface area (Å²) in [5.41, 5.74) is 0. The summed E-state index contributed by atoms with van der Waals surface area (Å²) in [5, 5.41) is 3.61. The van der Waals surface area contributed by atoms with Gasteiger partial charge in [-0.1, -0.05) is 0 Å². The standard InChI is InChI=1S/C20H26F2N2O2.ClH/c21-14-1-4-19(18(22)12-14)26-17-5-7-24(8-6-17)20(25)11-13-9-15-2-3-16(10-13)23-15;/h1,4,12-13,15-17,23H,2-3,5-11H2;1H. The summed E-state index contributed by atoms with van der Waals surface area (Å²) >= 11 is 0. The van der Waals surface area contributed by atoms with Crippen LogP contribution in [0.2, 0.25) is 0 Å². The van der Waals surface area contributed by atoms with E-state index in [0.717, 1.165) is 18.9 Å². The van der Waals surface area contributed by atoms with Gasteiger partial charge in [-0.05, 0) is 43.7 Å². The van der Waals surface area contributed by atoms with Gasteiger partial charge in [0.05, 0.1) is 0 Å². The number of likely N-dealkylation sites (tertiary alicyclic amines) is 1. The minimum Gasteiger partial charge on any atom is -0.487 e. The van der Waals surface area contributed by atoms with E-state index in [9.17, 15) is 13.6 Å². The molecule has 4 rings (SSSR count). The number of hydrogen-bond donors (Lipinski definition) is 1. The van der Waals surface area contributed by atoms with Gasteiger partial charge in [0.15, 0.2) is 11.6 Å². The van der Waals surface area contributed by atoms with E-state index < -0.39 is 11.6 Å². The Balaban J connectivity index is 0.00000210. The molecule has 1 aromatic carbocycles. The van der Waals surface area contributed by atoms with Crippen LogP contribution in [0.3, 0.4) is 0 Å². The maximum atomic E-state index is 13.7. The first-order chi connectivity index (χ1) is 12.6. The molecule has 3 saturated heterocycles. The van der Waals surface area contributed by atoms with Crippen molar-refractivity contribution >= 4 is 18.3 Å². The van der Waals surface area contributed by atoms with E-state index in [1.807, 2.05) is 4.90 Å². The third-order valence-electron chi connectivity index (χ3n) is 6.02. The van der Waals surface area contributed by atoms with Crippen LogP contribution in [0.5, 0.6) is 5.75 Å². The number of ether oxygens (including phenoxy) is 1. The fourth-order valence-corrected chi connectivity index (χ4v) is 4.69. The number of rotatable bonds is 4. The number of fused-ring (bicyclic) bond motifs is 2. The average molecular weight is 401 g/mol. The SMILES string of the molecule is Cl.O=C(CC1CC2CCC(C1)N2)N1CCC(Oc2ccc(F)cc2F)CC1. The molecular weight excluding hydrogens is 374 g/mol. The molecule has 4 nitrogen and oxygen atoms in total. The van der Waals surface area contributed by atoms with Crippen molar-refractivity contribution in [1.82, 2.24) is 10.2 Å². The van der Waals surface area contributed by atoms with Crippen LogP contribution in [0.25, 0.3) is 0 Å². The summed E-state index contributed by atoms with van der Waals surface area (Å²) in [5.74, 6) is -0.460. The zero-order chi connectivity index (χ0) is 18.1. The van der Waals surface area contributed by atoms with Gasteiger partial charge in [-0.25, -0.2) is 8.78 Å². The molecule has 150 valence electrons. The molecule has 2 bridgehead atoms. The largest absolute Gasteiger partial charge is 0.487 e. The Kier molecular flexibility index (Phi) is 6.58. The monoisotopic (exact) mass is 400 g/mol. The Morgan fingerprint density at radius 3 is 2.41 bits per heavy atom. The highest BCUT2D eigenvalue weighted by atomic mass is 35.5. The molecule has 27 heavy (non-hydrogen) atoms. The van der Waals surface area contributed by atoms with E-state index in [0.29, 0.717) is 50.4 Å². The van der Waals surface area contributed by atoms with Crippen molar-refractivity contribution in [2.24, 2.45) is 5.92 Å². The second-order valence-electron chi connectivity index (χ2n) is 7.95. The number of carbonyl (C=O) groups is 1. The Morgan fingerprint density at radius 2 is 1.78 bits per heavy atom. The summed E-state index contributed by atoms with van der Waals surface area (Å²) < 4.78 is 32.3. The second kappa shape index (κ2) is 8.74. The van der Waals surface area contributed by atoms with E-state index in [4.69, 9.17) is 4.74 Å². The lowest BCUT2D eigenvalue weighted by molar-refractivity contribution is -0.134. The van der Waals surface area contributed by atoms with Gasteiger partial charge in [-0.2, -0.15) is 0 Å². The summed E-state index contributed by atoms with van der Waals surface area (Å²) in [4.78, 5) is 14.5. The summed E-state index contributed by atoms with van der Waals surface area (Å²) in [6.45, 7) is 1.29. The number of piperidine rings is 2. The normalized spacial score (nSPS) is 27.9. The van der Waals surface area contributed by atoms with Crippen LogP contribution < -0.4 is 10.1 Å². The van der Waals surface area contributed by atoms with Gasteiger partial charge in [-0.15, -0.1) is 12.4 Å². The summed E-state index contributed by atoms with van der Waals surface area (Å²) in [7, 11) is 0. The van der Waals surface area contributed by atoms with E-state index in [2.05, 4.69) is 5.32 Å². The Bertz CT molecular complexity index is 655. The maximum Gasteiger partial charge on any atom is 0.222 e. The highest BCUT2D eigenvalue weighted by Gasteiger charge is 2.35. The van der Waals surface area contributed by atoms with Gasteiger partial charge >= 0.3 is 0 Å². The lowest BCUT2D eigenvalue weighted by Crippen LogP contribution is -2.44. The number of nitrogens with one attached hydrogen (secondary N) is 1. The quantitative estimate of drug-likeness (QED) is 0.838. The molecule has 0 radical (unpaired) electrons. The highest BCUT2D eigenvalue weighted by molar-refractivity contribution is 5.85. The molecule has 0 saturated carbocycles. The zero-order valence-corrected chi connectivity index (χ0v) is 16.1.